The maximum Gasteiger partial charge on any atom is 0.337 e. The van der Waals surface area contributed by atoms with Gasteiger partial charge in [-0.3, -0.25) is 9.69 Å². The quantitative estimate of drug-likeness (QED) is 0.824. The lowest BCUT2D eigenvalue weighted by Crippen LogP contribution is -2.56. The SMILES string of the molecule is C[C@]1(C(N)=O)CN(Cc2cnn(-c3ccccc3C(=O)O)c2)CCO1. The first-order valence-electron chi connectivity index (χ1n) is 7.91. The molecule has 8 nitrogen and oxygen atoms in total. The number of morpholine rings is 1. The smallest absolute Gasteiger partial charge is 0.337 e. The van der Waals surface area contributed by atoms with Gasteiger partial charge in [-0.05, 0) is 19.1 Å². The van der Waals surface area contributed by atoms with Crippen LogP contribution < -0.4 is 5.73 Å². The third-order valence-electron chi connectivity index (χ3n) is 4.30. The number of aromatic nitrogens is 2. The van der Waals surface area contributed by atoms with Crippen molar-refractivity contribution in [2.24, 2.45) is 5.73 Å². The molecule has 3 N–H and O–H groups in total. The molecule has 0 spiro atoms. The van der Waals surface area contributed by atoms with Crippen molar-refractivity contribution in [3.63, 3.8) is 0 Å². The van der Waals surface area contributed by atoms with Gasteiger partial charge in [-0.1, -0.05) is 12.1 Å². The highest BCUT2D eigenvalue weighted by Gasteiger charge is 2.37. The Morgan fingerprint density at radius 1 is 1.40 bits per heavy atom. The van der Waals surface area contributed by atoms with Gasteiger partial charge in [-0.25, -0.2) is 9.48 Å². The molecule has 1 aliphatic heterocycles. The van der Waals surface area contributed by atoms with E-state index in [0.717, 1.165) is 5.56 Å². The number of benzene rings is 1. The van der Waals surface area contributed by atoms with Crippen LogP contribution in [-0.4, -0.2) is 57.0 Å². The normalized spacial score (nSPS) is 21.2. The van der Waals surface area contributed by atoms with Gasteiger partial charge in [0.15, 0.2) is 5.60 Å². The molecule has 1 amide bonds. The Hall–Kier alpha value is -2.71. The van der Waals surface area contributed by atoms with Gasteiger partial charge in [0.05, 0.1) is 24.1 Å². The van der Waals surface area contributed by atoms with Crippen molar-refractivity contribution in [2.75, 3.05) is 19.7 Å². The van der Waals surface area contributed by atoms with Crippen LogP contribution in [0.25, 0.3) is 5.69 Å². The highest BCUT2D eigenvalue weighted by molar-refractivity contribution is 5.91. The summed E-state index contributed by atoms with van der Waals surface area (Å²) in [4.78, 5) is 25.0. The fraction of sp³-hybridized carbons (Fsp3) is 0.353. The molecule has 8 heteroatoms. The van der Waals surface area contributed by atoms with Crippen LogP contribution in [0.2, 0.25) is 0 Å². The Balaban J connectivity index is 1.77. The van der Waals surface area contributed by atoms with Gasteiger partial charge < -0.3 is 15.6 Å². The van der Waals surface area contributed by atoms with Crippen molar-refractivity contribution >= 4 is 11.9 Å². The second-order valence-electron chi connectivity index (χ2n) is 6.27. The monoisotopic (exact) mass is 344 g/mol. The molecular formula is C17H20N4O4. The van der Waals surface area contributed by atoms with E-state index in [9.17, 15) is 14.7 Å². The fourth-order valence-electron chi connectivity index (χ4n) is 2.92. The lowest BCUT2D eigenvalue weighted by molar-refractivity contribution is -0.153. The molecule has 1 saturated heterocycles. The molecule has 1 aromatic carbocycles. The Morgan fingerprint density at radius 2 is 2.16 bits per heavy atom. The summed E-state index contributed by atoms with van der Waals surface area (Å²) in [5, 5.41) is 13.6. The highest BCUT2D eigenvalue weighted by atomic mass is 16.5. The fourth-order valence-corrected chi connectivity index (χ4v) is 2.92. The van der Waals surface area contributed by atoms with Crippen LogP contribution in [0.15, 0.2) is 36.7 Å². The average molecular weight is 344 g/mol. The van der Waals surface area contributed by atoms with E-state index >= 15 is 0 Å². The largest absolute Gasteiger partial charge is 0.478 e. The number of hydrogen-bond acceptors (Lipinski definition) is 5. The third kappa shape index (κ3) is 3.54. The molecule has 1 fully saturated rings. The highest BCUT2D eigenvalue weighted by Crippen LogP contribution is 2.20. The zero-order valence-electron chi connectivity index (χ0n) is 13.9. The number of nitrogens with zero attached hydrogens (tertiary/aromatic N) is 3. The number of rotatable bonds is 5. The zero-order valence-corrected chi connectivity index (χ0v) is 13.9. The molecule has 0 radical (unpaired) electrons. The molecule has 3 rings (SSSR count). The minimum Gasteiger partial charge on any atom is -0.478 e. The molecule has 132 valence electrons. The molecule has 25 heavy (non-hydrogen) atoms. The summed E-state index contributed by atoms with van der Waals surface area (Å²) < 4.78 is 7.06. The Bertz CT molecular complexity index is 803. The first kappa shape index (κ1) is 17.1. The van der Waals surface area contributed by atoms with Crippen molar-refractivity contribution < 1.29 is 19.4 Å². The summed E-state index contributed by atoms with van der Waals surface area (Å²) in [6.45, 7) is 3.77. The topological polar surface area (TPSA) is 111 Å². The predicted molar refractivity (Wildman–Crippen MR) is 89.4 cm³/mol. The number of carbonyl (C=O) groups excluding carboxylic acids is 1. The van der Waals surface area contributed by atoms with Gasteiger partial charge in [0.1, 0.15) is 0 Å². The van der Waals surface area contributed by atoms with Crippen LogP contribution in [0, 0.1) is 0 Å². The van der Waals surface area contributed by atoms with Gasteiger partial charge >= 0.3 is 5.97 Å². The third-order valence-corrected chi connectivity index (χ3v) is 4.30. The maximum absolute atomic E-state index is 11.6. The van der Waals surface area contributed by atoms with Crippen LogP contribution in [0.4, 0.5) is 0 Å². The number of primary amides is 1. The van der Waals surface area contributed by atoms with Gasteiger partial charge in [0.25, 0.3) is 5.91 Å². The van der Waals surface area contributed by atoms with E-state index in [1.54, 1.807) is 48.3 Å². The molecule has 1 aromatic heterocycles. The number of para-hydroxylation sites is 1. The van der Waals surface area contributed by atoms with Crippen LogP contribution in [0.1, 0.15) is 22.8 Å². The molecule has 1 atom stereocenters. The van der Waals surface area contributed by atoms with E-state index in [2.05, 4.69) is 10.00 Å². The summed E-state index contributed by atoms with van der Waals surface area (Å²) in [7, 11) is 0. The van der Waals surface area contributed by atoms with Crippen LogP contribution in [0.3, 0.4) is 0 Å². The van der Waals surface area contributed by atoms with E-state index in [0.29, 0.717) is 31.9 Å². The number of hydrogen-bond donors (Lipinski definition) is 2. The Labute approximate surface area is 144 Å². The van der Waals surface area contributed by atoms with Crippen molar-refractivity contribution in [2.45, 2.75) is 19.1 Å². The molecule has 0 aliphatic carbocycles. The van der Waals surface area contributed by atoms with Crippen LogP contribution >= 0.6 is 0 Å². The summed E-state index contributed by atoms with van der Waals surface area (Å²) in [5.41, 5.74) is 6.02. The number of aromatic carboxylic acids is 1. The van der Waals surface area contributed by atoms with Crippen molar-refractivity contribution in [3.05, 3.63) is 47.8 Å². The lowest BCUT2D eigenvalue weighted by atomic mass is 10.0. The van der Waals surface area contributed by atoms with E-state index in [1.807, 2.05) is 0 Å². The molecular weight excluding hydrogens is 324 g/mol. The molecule has 1 aliphatic rings. The minimum atomic E-state index is -1.00. The number of ether oxygens (including phenoxy) is 1. The predicted octanol–water partition coefficient (Wildman–Crippen LogP) is 0.647. The number of amides is 1. The average Bonchev–Trinajstić information content (AvgIpc) is 3.03. The number of carbonyl (C=O) groups is 2. The van der Waals surface area contributed by atoms with Crippen molar-refractivity contribution in [3.8, 4) is 5.69 Å². The van der Waals surface area contributed by atoms with Crippen LogP contribution in [-0.2, 0) is 16.1 Å². The Kier molecular flexibility index (Phi) is 4.56. The molecule has 2 aromatic rings. The summed E-state index contributed by atoms with van der Waals surface area (Å²) in [5.74, 6) is -1.48. The molecule has 0 bridgehead atoms. The molecule has 0 saturated carbocycles. The first-order valence-corrected chi connectivity index (χ1v) is 7.91. The summed E-state index contributed by atoms with van der Waals surface area (Å²) in [6, 6.07) is 6.69. The van der Waals surface area contributed by atoms with Crippen molar-refractivity contribution in [1.29, 1.82) is 0 Å². The van der Waals surface area contributed by atoms with E-state index < -0.39 is 17.5 Å². The van der Waals surface area contributed by atoms with Crippen LogP contribution in [0.5, 0.6) is 0 Å². The van der Waals surface area contributed by atoms with Crippen molar-refractivity contribution in [1.82, 2.24) is 14.7 Å². The van der Waals surface area contributed by atoms with E-state index in [4.69, 9.17) is 10.5 Å². The summed E-state index contributed by atoms with van der Waals surface area (Å²) in [6.07, 6.45) is 3.48. The maximum atomic E-state index is 11.6. The number of carboxylic acid groups (broad SMARTS) is 1. The van der Waals surface area contributed by atoms with Gasteiger partial charge in [0, 0.05) is 31.4 Å². The first-order chi connectivity index (χ1) is 11.9. The Morgan fingerprint density at radius 3 is 2.88 bits per heavy atom. The summed E-state index contributed by atoms with van der Waals surface area (Å²) >= 11 is 0. The lowest BCUT2D eigenvalue weighted by Gasteiger charge is -2.38. The molecule has 0 unspecified atom stereocenters. The standard InChI is InChI=1S/C17H20N4O4/c1-17(16(18)24)11-20(6-7-25-17)9-12-8-19-21(10-12)14-5-3-2-4-13(14)15(22)23/h2-5,8,10H,6-7,9,11H2,1H3,(H2,18,24)(H,22,23)/t17-/m1/s1. The number of nitrogens with two attached hydrogens (primary N) is 1. The minimum absolute atomic E-state index is 0.185. The van der Waals surface area contributed by atoms with Gasteiger partial charge in [-0.15, -0.1) is 0 Å². The van der Waals surface area contributed by atoms with Gasteiger partial charge in [0.2, 0.25) is 0 Å². The molecule has 2 heterocycles. The van der Waals surface area contributed by atoms with E-state index in [1.165, 1.54) is 0 Å². The second kappa shape index (κ2) is 6.66. The second-order valence-corrected chi connectivity index (χ2v) is 6.27. The number of carboxylic acids is 1. The van der Waals surface area contributed by atoms with E-state index in [-0.39, 0.29) is 5.56 Å². The van der Waals surface area contributed by atoms with Gasteiger partial charge in [-0.2, -0.15) is 5.10 Å². The zero-order chi connectivity index (χ0) is 18.0.